The second-order valence-corrected chi connectivity index (χ2v) is 11.3. The summed E-state index contributed by atoms with van der Waals surface area (Å²) in [6.07, 6.45) is -1.08. The monoisotopic (exact) mass is 574 g/mol. The number of azide groups is 1. The van der Waals surface area contributed by atoms with E-state index in [-0.39, 0.29) is 11.6 Å². The number of rotatable bonds is 11. The molecule has 1 saturated heterocycles. The van der Waals surface area contributed by atoms with Crippen molar-refractivity contribution in [2.75, 3.05) is 12.3 Å². The Morgan fingerprint density at radius 1 is 1.32 bits per heavy atom. The lowest BCUT2D eigenvalue weighted by atomic mass is 9.93. The van der Waals surface area contributed by atoms with Gasteiger partial charge in [0.2, 0.25) is 0 Å². The molecule has 2 unspecified atom stereocenters. The van der Waals surface area contributed by atoms with Crippen molar-refractivity contribution in [2.24, 2.45) is 5.11 Å². The predicted molar refractivity (Wildman–Crippen MR) is 144 cm³/mol. The summed E-state index contributed by atoms with van der Waals surface area (Å²) in [5.74, 6) is -0.212. The Hall–Kier alpha value is -3.71. The van der Waals surface area contributed by atoms with Crippen LogP contribution in [-0.2, 0) is 23.4 Å². The zero-order chi connectivity index (χ0) is 29.1. The van der Waals surface area contributed by atoms with Gasteiger partial charge in [-0.2, -0.15) is 5.09 Å². The van der Waals surface area contributed by atoms with Crippen LogP contribution in [0, 0.1) is 0 Å². The number of aliphatic hydroxyl groups excluding tert-OH is 1. The predicted octanol–water partition coefficient (Wildman–Crippen LogP) is 3.47. The summed E-state index contributed by atoms with van der Waals surface area (Å²) >= 11 is 0. The topological polar surface area (TPSA) is 209 Å². The molecular weight excluding hydrogens is 543 g/mol. The smallest absolute Gasteiger partial charge is 0.459 e. The fourth-order valence-corrected chi connectivity index (χ4v) is 5.77. The number of nitrogens with two attached hydrogens (primary N) is 1. The second-order valence-electron chi connectivity index (χ2n) is 9.64. The molecule has 3 aromatic rings. The Kier molecular flexibility index (Phi) is 8.64. The van der Waals surface area contributed by atoms with Gasteiger partial charge in [0.15, 0.2) is 0 Å². The van der Waals surface area contributed by atoms with Gasteiger partial charge in [-0.15, -0.1) is 0 Å². The van der Waals surface area contributed by atoms with Crippen molar-refractivity contribution >= 4 is 30.6 Å². The number of fused-ring (bicyclic) bond motifs is 1. The van der Waals surface area contributed by atoms with Gasteiger partial charge in [0.25, 0.3) is 0 Å². The zero-order valence-corrected chi connectivity index (χ0v) is 23.2. The standard InChI is InChI=1S/C24H31N8O7P/c1-14(2)37-22(34)15(3)29-40(35,39-16-8-6-5-7-9-16)36-12-18-19(33)24(4,30-31-26)23(38-18)32-11-10-17-20(25)27-13-28-21(17)32/h5-11,13-15,18-19,23,33H,12H2,1-4H3,(H,29,35)(H2,25,27,28)/t15-,18+,19+,23?,24+,40?/m0/s1. The second kappa shape index (κ2) is 11.8. The van der Waals surface area contributed by atoms with Gasteiger partial charge >= 0.3 is 13.7 Å². The first-order valence-corrected chi connectivity index (χ1v) is 14.0. The Bertz CT molecular complexity index is 1450. The number of carbonyl (C=O) groups excluding carboxylic acids is 1. The summed E-state index contributed by atoms with van der Waals surface area (Å²) in [7, 11) is -4.25. The SMILES string of the molecule is CC(C)OC(=O)[C@H](C)NP(=O)(OC[C@H]1OC(n2ccc3c(N)ncnc32)[C@](C)(N=[N+]=[N-])[C@@H]1O)Oc1ccccc1. The molecular formula is C24H31N8O7P. The van der Waals surface area contributed by atoms with Crippen molar-refractivity contribution in [2.45, 2.75) is 63.8 Å². The highest BCUT2D eigenvalue weighted by Crippen LogP contribution is 2.48. The molecule has 1 fully saturated rings. The lowest BCUT2D eigenvalue weighted by Crippen LogP contribution is -2.43. The molecule has 214 valence electrons. The molecule has 40 heavy (non-hydrogen) atoms. The van der Waals surface area contributed by atoms with Crippen molar-refractivity contribution < 1.29 is 33.0 Å². The van der Waals surface area contributed by atoms with Crippen LogP contribution in [0.25, 0.3) is 21.5 Å². The molecule has 0 aliphatic carbocycles. The Morgan fingerprint density at radius 2 is 2.05 bits per heavy atom. The number of anilines is 1. The van der Waals surface area contributed by atoms with E-state index in [4.69, 9.17) is 24.3 Å². The van der Waals surface area contributed by atoms with Crippen molar-refractivity contribution in [3.8, 4) is 5.75 Å². The number of esters is 1. The first kappa shape index (κ1) is 29.3. The van der Waals surface area contributed by atoms with Crippen LogP contribution < -0.4 is 15.3 Å². The van der Waals surface area contributed by atoms with Crippen LogP contribution in [0.2, 0.25) is 0 Å². The van der Waals surface area contributed by atoms with Gasteiger partial charge in [-0.05, 0) is 51.4 Å². The fraction of sp³-hybridized carbons (Fsp3) is 0.458. The lowest BCUT2D eigenvalue weighted by molar-refractivity contribution is -0.149. The Morgan fingerprint density at radius 3 is 2.73 bits per heavy atom. The summed E-state index contributed by atoms with van der Waals surface area (Å²) < 4.78 is 38.0. The Balaban J connectivity index is 1.60. The highest BCUT2D eigenvalue weighted by molar-refractivity contribution is 7.52. The van der Waals surface area contributed by atoms with Gasteiger partial charge in [0, 0.05) is 11.1 Å². The van der Waals surface area contributed by atoms with E-state index in [9.17, 15) is 20.0 Å². The van der Waals surface area contributed by atoms with E-state index in [1.807, 2.05) is 0 Å². The van der Waals surface area contributed by atoms with Gasteiger partial charge < -0.3 is 29.4 Å². The van der Waals surface area contributed by atoms with Crippen molar-refractivity contribution in [1.82, 2.24) is 19.6 Å². The quantitative estimate of drug-likeness (QED) is 0.0992. The highest BCUT2D eigenvalue weighted by atomic mass is 31.2. The molecule has 1 aromatic carbocycles. The molecule has 6 atom stereocenters. The molecule has 0 bridgehead atoms. The maximum absolute atomic E-state index is 13.8. The summed E-state index contributed by atoms with van der Waals surface area (Å²) in [5, 5.41) is 18.2. The minimum Gasteiger partial charge on any atom is -0.462 e. The number of aliphatic hydroxyl groups is 1. The van der Waals surface area contributed by atoms with E-state index in [1.165, 1.54) is 20.2 Å². The molecule has 0 spiro atoms. The first-order valence-electron chi connectivity index (χ1n) is 12.4. The molecule has 2 aromatic heterocycles. The van der Waals surface area contributed by atoms with Gasteiger partial charge in [0.1, 0.15) is 47.5 Å². The Labute approximate surface area is 229 Å². The zero-order valence-electron chi connectivity index (χ0n) is 22.3. The molecule has 16 heteroatoms. The molecule has 4 rings (SSSR count). The number of nitrogens with zero attached hydrogens (tertiary/aromatic N) is 6. The minimum atomic E-state index is -4.25. The van der Waals surface area contributed by atoms with E-state index >= 15 is 0 Å². The van der Waals surface area contributed by atoms with E-state index < -0.39 is 56.4 Å². The number of ether oxygens (including phenoxy) is 2. The first-order chi connectivity index (χ1) is 19.0. The van der Waals surface area contributed by atoms with Crippen molar-refractivity contribution in [1.29, 1.82) is 0 Å². The number of hydrogen-bond acceptors (Lipinski definition) is 11. The third-order valence-electron chi connectivity index (χ3n) is 6.24. The summed E-state index contributed by atoms with van der Waals surface area (Å²) in [6.45, 7) is 5.88. The van der Waals surface area contributed by atoms with Crippen LogP contribution in [0.1, 0.15) is 33.9 Å². The number of carbonyl (C=O) groups is 1. The van der Waals surface area contributed by atoms with Crippen molar-refractivity contribution in [3.05, 3.63) is 59.4 Å². The molecule has 1 aliphatic heterocycles. The van der Waals surface area contributed by atoms with E-state index in [0.717, 1.165) is 0 Å². The van der Waals surface area contributed by atoms with Crippen LogP contribution in [0.3, 0.4) is 0 Å². The lowest BCUT2D eigenvalue weighted by Gasteiger charge is -2.28. The van der Waals surface area contributed by atoms with Crippen LogP contribution in [0.5, 0.6) is 5.75 Å². The molecule has 0 amide bonds. The van der Waals surface area contributed by atoms with Gasteiger partial charge in [-0.25, -0.2) is 14.5 Å². The molecule has 4 N–H and O–H groups in total. The number of nitrogen functional groups attached to an aromatic ring is 1. The average molecular weight is 575 g/mol. The molecule has 15 nitrogen and oxygen atoms in total. The molecule has 3 heterocycles. The third kappa shape index (κ3) is 6.04. The summed E-state index contributed by atoms with van der Waals surface area (Å²) in [5.41, 5.74) is 14.1. The van der Waals surface area contributed by atoms with Crippen LogP contribution >= 0.6 is 7.75 Å². The molecule has 1 aliphatic rings. The number of nitrogens with one attached hydrogen (secondary N) is 1. The summed E-state index contributed by atoms with van der Waals surface area (Å²) in [6, 6.07) is 8.83. The number of benzene rings is 1. The van der Waals surface area contributed by atoms with Crippen molar-refractivity contribution in [3.63, 3.8) is 0 Å². The third-order valence-corrected chi connectivity index (χ3v) is 7.89. The van der Waals surface area contributed by atoms with Gasteiger partial charge in [-0.1, -0.05) is 23.3 Å². The van der Waals surface area contributed by atoms with E-state index in [0.29, 0.717) is 11.0 Å². The maximum atomic E-state index is 13.8. The summed E-state index contributed by atoms with van der Waals surface area (Å²) in [4.78, 5) is 23.5. The van der Waals surface area contributed by atoms with E-state index in [1.54, 1.807) is 61.0 Å². The number of hydrogen-bond donors (Lipinski definition) is 3. The number of aromatic nitrogens is 3. The van der Waals surface area contributed by atoms with Crippen LogP contribution in [0.4, 0.5) is 5.82 Å². The van der Waals surface area contributed by atoms with E-state index in [2.05, 4.69) is 25.1 Å². The number of para-hydroxylation sites is 1. The minimum absolute atomic E-state index is 0.212. The maximum Gasteiger partial charge on any atom is 0.459 e. The van der Waals surface area contributed by atoms with Gasteiger partial charge in [0.05, 0.1) is 24.2 Å². The fourth-order valence-electron chi connectivity index (χ4n) is 4.27. The highest BCUT2D eigenvalue weighted by Gasteiger charge is 2.55. The molecule has 0 saturated carbocycles. The van der Waals surface area contributed by atoms with Crippen LogP contribution in [-0.4, -0.2) is 62.1 Å². The molecule has 0 radical (unpaired) electrons. The van der Waals surface area contributed by atoms with Gasteiger partial charge in [-0.3, -0.25) is 9.32 Å². The average Bonchev–Trinajstić information content (AvgIpc) is 3.43. The largest absolute Gasteiger partial charge is 0.462 e. The normalized spacial score (nSPS) is 24.8. The van der Waals surface area contributed by atoms with Crippen LogP contribution in [0.15, 0.2) is 54.0 Å².